The number of ether oxygens (including phenoxy) is 1. The number of thiophene rings is 2. The van der Waals surface area contributed by atoms with Crippen LogP contribution in [0.3, 0.4) is 0 Å². The molecular weight excluding hydrogens is 438 g/mol. The van der Waals surface area contributed by atoms with Gasteiger partial charge in [-0.3, -0.25) is 4.79 Å². The zero-order valence-corrected chi connectivity index (χ0v) is 18.6. The predicted octanol–water partition coefficient (Wildman–Crippen LogP) is 5.19. The molecule has 0 atom stereocenters. The first-order valence-electron chi connectivity index (χ1n) is 9.14. The number of carbonyl (C=O) groups is 1. The highest BCUT2D eigenvalue weighted by Gasteiger charge is 2.18. The highest BCUT2D eigenvalue weighted by atomic mass is 32.2. The monoisotopic (exact) mass is 457 g/mol. The predicted molar refractivity (Wildman–Crippen MR) is 120 cm³/mol. The van der Waals surface area contributed by atoms with Crippen molar-refractivity contribution < 1.29 is 13.9 Å². The number of methoxy groups -OCH3 is 1. The molecule has 0 bridgehead atoms. The number of benzene rings is 1. The summed E-state index contributed by atoms with van der Waals surface area (Å²) in [5.74, 6) is 1.45. The van der Waals surface area contributed by atoms with E-state index in [1.165, 1.54) is 11.8 Å². The highest BCUT2D eigenvalue weighted by molar-refractivity contribution is 7.99. The van der Waals surface area contributed by atoms with Gasteiger partial charge in [-0.1, -0.05) is 23.9 Å². The number of hydrogen-bond acceptors (Lipinski definition) is 8. The Hall–Kier alpha value is -2.62. The fourth-order valence-electron chi connectivity index (χ4n) is 2.75. The third-order valence-corrected chi connectivity index (χ3v) is 6.79. The lowest BCUT2D eigenvalue weighted by molar-refractivity contribution is -0.129. The first-order valence-corrected chi connectivity index (χ1v) is 11.9. The maximum absolute atomic E-state index is 12.9. The topological polar surface area (TPSA) is 68.5 Å². The Morgan fingerprint density at radius 2 is 1.70 bits per heavy atom. The van der Waals surface area contributed by atoms with Crippen LogP contribution in [0, 0.1) is 0 Å². The van der Waals surface area contributed by atoms with E-state index in [1.807, 2.05) is 64.2 Å². The fourth-order valence-corrected chi connectivity index (χ4v) is 4.85. The van der Waals surface area contributed by atoms with Gasteiger partial charge >= 0.3 is 0 Å². The Kier molecular flexibility index (Phi) is 6.83. The number of rotatable bonds is 9. The van der Waals surface area contributed by atoms with Crippen LogP contribution in [0.1, 0.15) is 9.75 Å². The van der Waals surface area contributed by atoms with E-state index < -0.39 is 0 Å². The summed E-state index contributed by atoms with van der Waals surface area (Å²) in [5.41, 5.74) is 0.804. The van der Waals surface area contributed by atoms with Gasteiger partial charge in [0.15, 0.2) is 0 Å². The zero-order chi connectivity index (χ0) is 20.8. The number of hydrogen-bond donors (Lipinski definition) is 0. The van der Waals surface area contributed by atoms with E-state index in [2.05, 4.69) is 10.2 Å². The van der Waals surface area contributed by atoms with Gasteiger partial charge in [0.25, 0.3) is 5.22 Å². The van der Waals surface area contributed by atoms with Crippen molar-refractivity contribution in [2.24, 2.45) is 0 Å². The Morgan fingerprint density at radius 1 is 1.03 bits per heavy atom. The molecular formula is C21H19N3O3S3. The van der Waals surface area contributed by atoms with E-state index in [0.717, 1.165) is 21.1 Å². The maximum Gasteiger partial charge on any atom is 0.277 e. The summed E-state index contributed by atoms with van der Waals surface area (Å²) in [6.07, 6.45) is 0. The molecule has 1 amide bonds. The number of carbonyl (C=O) groups excluding carboxylic acids is 1. The summed E-state index contributed by atoms with van der Waals surface area (Å²) in [4.78, 5) is 17.1. The lowest BCUT2D eigenvalue weighted by Crippen LogP contribution is -2.31. The summed E-state index contributed by atoms with van der Waals surface area (Å²) >= 11 is 4.56. The first-order chi connectivity index (χ1) is 14.7. The quantitative estimate of drug-likeness (QED) is 0.322. The molecule has 4 rings (SSSR count). The second-order valence-corrected chi connectivity index (χ2v) is 9.29. The van der Waals surface area contributed by atoms with Crippen molar-refractivity contribution in [1.82, 2.24) is 15.1 Å². The molecule has 0 fully saturated rings. The largest absolute Gasteiger partial charge is 0.497 e. The van der Waals surface area contributed by atoms with Gasteiger partial charge in [-0.2, -0.15) is 0 Å². The summed E-state index contributed by atoms with van der Waals surface area (Å²) < 4.78 is 10.9. The van der Waals surface area contributed by atoms with Crippen LogP contribution in [0.5, 0.6) is 5.75 Å². The van der Waals surface area contributed by atoms with Crippen LogP contribution >= 0.6 is 34.4 Å². The molecule has 0 saturated heterocycles. The standard InChI is InChI=1S/C21H19N3O3S3/c1-26-16-8-6-15(7-9-16)20-22-23-21(27-20)30-14-19(25)24(12-17-4-2-10-28-17)13-18-5-3-11-29-18/h2-11H,12-14H2,1H3. The van der Waals surface area contributed by atoms with E-state index in [1.54, 1.807) is 29.8 Å². The number of thioether (sulfide) groups is 1. The highest BCUT2D eigenvalue weighted by Crippen LogP contribution is 2.26. The Labute approximate surface area is 186 Å². The van der Waals surface area contributed by atoms with Gasteiger partial charge < -0.3 is 14.1 Å². The molecule has 1 aromatic carbocycles. The Balaban J connectivity index is 1.39. The van der Waals surface area contributed by atoms with E-state index in [-0.39, 0.29) is 11.7 Å². The van der Waals surface area contributed by atoms with Crippen LogP contribution < -0.4 is 4.74 Å². The van der Waals surface area contributed by atoms with Crippen LogP contribution in [0.25, 0.3) is 11.5 Å². The maximum atomic E-state index is 12.9. The lowest BCUT2D eigenvalue weighted by atomic mass is 10.2. The van der Waals surface area contributed by atoms with Crippen molar-refractivity contribution in [2.75, 3.05) is 12.9 Å². The van der Waals surface area contributed by atoms with Crippen molar-refractivity contribution in [3.8, 4) is 17.2 Å². The molecule has 0 unspecified atom stereocenters. The normalized spacial score (nSPS) is 10.8. The van der Waals surface area contributed by atoms with Crippen LogP contribution in [0.2, 0.25) is 0 Å². The molecule has 3 aromatic heterocycles. The summed E-state index contributed by atoms with van der Waals surface area (Å²) in [5, 5.41) is 12.6. The lowest BCUT2D eigenvalue weighted by Gasteiger charge is -2.21. The second-order valence-electron chi connectivity index (χ2n) is 6.30. The van der Waals surface area contributed by atoms with Gasteiger partial charge in [0.1, 0.15) is 5.75 Å². The number of amides is 1. The SMILES string of the molecule is COc1ccc(-c2nnc(SCC(=O)N(Cc3cccs3)Cc3cccs3)o2)cc1. The molecule has 30 heavy (non-hydrogen) atoms. The zero-order valence-electron chi connectivity index (χ0n) is 16.2. The third-order valence-electron chi connectivity index (χ3n) is 4.27. The summed E-state index contributed by atoms with van der Waals surface area (Å²) in [7, 11) is 1.62. The van der Waals surface area contributed by atoms with E-state index in [9.17, 15) is 4.79 Å². The average molecular weight is 458 g/mol. The first kappa shape index (κ1) is 20.6. The van der Waals surface area contributed by atoms with Gasteiger partial charge in [0.05, 0.1) is 26.0 Å². The number of nitrogens with zero attached hydrogens (tertiary/aromatic N) is 3. The van der Waals surface area contributed by atoms with Gasteiger partial charge in [0, 0.05) is 15.3 Å². The van der Waals surface area contributed by atoms with Crippen LogP contribution in [0.15, 0.2) is 68.9 Å². The summed E-state index contributed by atoms with van der Waals surface area (Å²) in [6.45, 7) is 1.19. The summed E-state index contributed by atoms with van der Waals surface area (Å²) in [6, 6.07) is 15.5. The van der Waals surface area contributed by atoms with E-state index >= 15 is 0 Å². The minimum atomic E-state index is 0.0333. The molecule has 9 heteroatoms. The molecule has 0 N–H and O–H groups in total. The molecule has 3 heterocycles. The fraction of sp³-hybridized carbons (Fsp3) is 0.190. The van der Waals surface area contributed by atoms with Gasteiger partial charge in [0.2, 0.25) is 11.8 Å². The minimum Gasteiger partial charge on any atom is -0.497 e. The van der Waals surface area contributed by atoms with Crippen molar-refractivity contribution in [1.29, 1.82) is 0 Å². The second kappa shape index (κ2) is 9.92. The molecule has 154 valence electrons. The molecule has 0 aliphatic carbocycles. The molecule has 4 aromatic rings. The van der Waals surface area contributed by atoms with E-state index in [4.69, 9.17) is 9.15 Å². The molecule has 6 nitrogen and oxygen atoms in total. The molecule has 0 radical (unpaired) electrons. The smallest absolute Gasteiger partial charge is 0.277 e. The van der Waals surface area contributed by atoms with E-state index in [0.29, 0.717) is 24.2 Å². The number of aromatic nitrogens is 2. The average Bonchev–Trinajstić information content (AvgIpc) is 3.54. The van der Waals surface area contributed by atoms with Crippen LogP contribution in [0.4, 0.5) is 0 Å². The van der Waals surface area contributed by atoms with Gasteiger partial charge in [-0.05, 0) is 47.2 Å². The minimum absolute atomic E-state index is 0.0333. The van der Waals surface area contributed by atoms with Crippen molar-refractivity contribution in [2.45, 2.75) is 18.3 Å². The Morgan fingerprint density at radius 3 is 2.27 bits per heavy atom. The van der Waals surface area contributed by atoms with Crippen molar-refractivity contribution >= 4 is 40.3 Å². The molecule has 0 saturated carbocycles. The molecule has 0 aliphatic rings. The van der Waals surface area contributed by atoms with Crippen molar-refractivity contribution in [3.05, 3.63) is 69.0 Å². The van der Waals surface area contributed by atoms with Gasteiger partial charge in [-0.25, -0.2) is 0 Å². The molecule has 0 spiro atoms. The molecule has 0 aliphatic heterocycles. The van der Waals surface area contributed by atoms with Gasteiger partial charge in [-0.15, -0.1) is 32.9 Å². The van der Waals surface area contributed by atoms with Crippen molar-refractivity contribution in [3.63, 3.8) is 0 Å². The van der Waals surface area contributed by atoms with Crippen LogP contribution in [-0.4, -0.2) is 33.9 Å². The third kappa shape index (κ3) is 5.29. The Bertz CT molecular complexity index is 1020. The van der Waals surface area contributed by atoms with Crippen LogP contribution in [-0.2, 0) is 17.9 Å².